The Labute approximate surface area is 148 Å². The van der Waals surface area contributed by atoms with E-state index in [1.165, 1.54) is 30.6 Å². The van der Waals surface area contributed by atoms with Crippen molar-refractivity contribution in [2.45, 2.75) is 24.7 Å². The number of hydrogen-bond donors (Lipinski definition) is 0. The van der Waals surface area contributed by atoms with E-state index in [0.29, 0.717) is 10.9 Å². The number of aromatic nitrogens is 1. The van der Waals surface area contributed by atoms with E-state index in [1.807, 2.05) is 0 Å². The van der Waals surface area contributed by atoms with Crippen LogP contribution < -0.4 is 0 Å². The molecule has 1 aromatic carbocycles. The molecule has 0 N–H and O–H groups in total. The molecule has 0 aliphatic heterocycles. The number of benzene rings is 1. The van der Waals surface area contributed by atoms with Gasteiger partial charge in [-0.2, -0.15) is 0 Å². The summed E-state index contributed by atoms with van der Waals surface area (Å²) in [6, 6.07) is 9.47. The highest BCUT2D eigenvalue weighted by Crippen LogP contribution is 2.19. The van der Waals surface area contributed by atoms with Crippen LogP contribution in [0.25, 0.3) is 0 Å². The summed E-state index contributed by atoms with van der Waals surface area (Å²) < 4.78 is 22.4. The van der Waals surface area contributed by atoms with E-state index in [1.54, 1.807) is 25.1 Å². The Morgan fingerprint density at radius 3 is 2.58 bits per heavy atom. The lowest BCUT2D eigenvalue weighted by atomic mass is 10.3. The zero-order valence-electron chi connectivity index (χ0n) is 12.8. The van der Waals surface area contributed by atoms with Crippen molar-refractivity contribution >= 4 is 37.8 Å². The number of rotatable bonds is 5. The molecule has 0 saturated heterocycles. The molecule has 6 nitrogen and oxygen atoms in total. The Morgan fingerprint density at radius 2 is 1.96 bits per heavy atom. The van der Waals surface area contributed by atoms with Crippen LogP contribution in [0.3, 0.4) is 0 Å². The Bertz CT molecular complexity index is 861. The van der Waals surface area contributed by atoms with Crippen LogP contribution in [0.2, 0.25) is 0 Å². The molecule has 0 unspecified atom stereocenters. The Morgan fingerprint density at radius 1 is 1.25 bits per heavy atom. The molecule has 0 aliphatic carbocycles. The van der Waals surface area contributed by atoms with Crippen molar-refractivity contribution in [2.24, 2.45) is 4.36 Å². The van der Waals surface area contributed by atoms with Crippen molar-refractivity contribution < 1.29 is 18.0 Å². The fourth-order valence-electron chi connectivity index (χ4n) is 1.77. The monoisotopic (exact) mass is 410 g/mol. The second-order valence-corrected chi connectivity index (χ2v) is 7.47. The van der Waals surface area contributed by atoms with Crippen molar-refractivity contribution in [3.05, 3.63) is 58.8 Å². The fourth-order valence-corrected chi connectivity index (χ4v) is 3.54. The molecule has 1 aromatic heterocycles. The van der Waals surface area contributed by atoms with Crippen LogP contribution in [-0.2, 0) is 19.0 Å². The van der Waals surface area contributed by atoms with Crippen molar-refractivity contribution in [2.75, 3.05) is 0 Å². The van der Waals surface area contributed by atoms with Crippen molar-refractivity contribution in [3.63, 3.8) is 0 Å². The Hall–Kier alpha value is -2.06. The number of carbonyl (C=O) groups is 2. The number of halogens is 1. The van der Waals surface area contributed by atoms with Gasteiger partial charge in [0.1, 0.15) is 0 Å². The van der Waals surface area contributed by atoms with Gasteiger partial charge in [-0.05, 0) is 40.5 Å². The van der Waals surface area contributed by atoms with Gasteiger partial charge >= 0.3 is 5.97 Å². The highest BCUT2D eigenvalue weighted by molar-refractivity contribution is 9.10. The van der Waals surface area contributed by atoms with Crippen LogP contribution in [0.4, 0.5) is 0 Å². The number of pyridine rings is 1. The van der Waals surface area contributed by atoms with Crippen LogP contribution in [0, 0.1) is 0 Å². The average Bonchev–Trinajstić information content (AvgIpc) is 2.55. The number of hydrogen-bond acceptors (Lipinski definition) is 5. The number of carbonyl (C=O) groups excluding carboxylic acids is 2. The molecular formula is C16H15BrN2O4S. The first-order valence-corrected chi connectivity index (χ1v) is 9.37. The molecule has 0 spiro atoms. The molecule has 1 atom stereocenters. The number of amides is 1. The summed E-state index contributed by atoms with van der Waals surface area (Å²) in [6.45, 7) is 1.79. The van der Waals surface area contributed by atoms with Gasteiger partial charge in [0.25, 0.3) is 5.91 Å². The summed E-state index contributed by atoms with van der Waals surface area (Å²) in [5.41, 5.74) is 0.138. The molecule has 0 saturated carbocycles. The van der Waals surface area contributed by atoms with Crippen LogP contribution >= 0.6 is 15.9 Å². The maximum atomic E-state index is 13.1. The molecule has 8 heteroatoms. The van der Waals surface area contributed by atoms with Gasteiger partial charge in [0.05, 0.1) is 10.5 Å². The van der Waals surface area contributed by atoms with E-state index in [4.69, 9.17) is 4.18 Å². The van der Waals surface area contributed by atoms with Crippen molar-refractivity contribution in [3.8, 4) is 0 Å². The molecule has 24 heavy (non-hydrogen) atoms. The molecular weight excluding hydrogens is 396 g/mol. The molecule has 0 bridgehead atoms. The van der Waals surface area contributed by atoms with Gasteiger partial charge in [-0.15, -0.1) is 4.36 Å². The van der Waals surface area contributed by atoms with E-state index >= 15 is 0 Å². The van der Waals surface area contributed by atoms with Gasteiger partial charge in [-0.3, -0.25) is 14.6 Å². The van der Waals surface area contributed by atoms with Gasteiger partial charge in [-0.25, -0.2) is 4.21 Å². The van der Waals surface area contributed by atoms with E-state index < -0.39 is 21.9 Å². The van der Waals surface area contributed by atoms with Gasteiger partial charge in [0.15, 0.2) is 0 Å². The standard InChI is InChI=1S/C16H15BrN2O4S/c1-2-6-15(20)23-24(22,14-7-4-3-5-8-14)19-16(21)12-9-13(17)11-18-10-12/h3-5,7-11H,2,6H2,1H3/t24-/m0/s1. The molecule has 0 fully saturated rings. The lowest BCUT2D eigenvalue weighted by Crippen LogP contribution is -2.15. The maximum Gasteiger partial charge on any atom is 0.320 e. The first-order chi connectivity index (χ1) is 11.4. The van der Waals surface area contributed by atoms with Gasteiger partial charge in [-0.1, -0.05) is 25.1 Å². The van der Waals surface area contributed by atoms with Crippen molar-refractivity contribution in [1.82, 2.24) is 4.98 Å². The minimum absolute atomic E-state index is 0.0893. The van der Waals surface area contributed by atoms with Gasteiger partial charge in [0.2, 0.25) is 10.0 Å². The van der Waals surface area contributed by atoms with Crippen LogP contribution in [-0.4, -0.2) is 21.1 Å². The van der Waals surface area contributed by atoms with E-state index in [2.05, 4.69) is 25.3 Å². The van der Waals surface area contributed by atoms with Crippen molar-refractivity contribution in [1.29, 1.82) is 0 Å². The molecule has 1 amide bonds. The first-order valence-electron chi connectivity index (χ1n) is 7.14. The summed E-state index contributed by atoms with van der Waals surface area (Å²) >= 11 is 3.20. The average molecular weight is 411 g/mol. The van der Waals surface area contributed by atoms with Crippen LogP contribution in [0.5, 0.6) is 0 Å². The third-order valence-corrected chi connectivity index (χ3v) is 4.98. The summed E-state index contributed by atoms with van der Waals surface area (Å²) in [5, 5.41) is 0. The summed E-state index contributed by atoms with van der Waals surface area (Å²) in [4.78, 5) is 28.2. The summed E-state index contributed by atoms with van der Waals surface area (Å²) in [6.07, 6.45) is 3.43. The lowest BCUT2D eigenvalue weighted by molar-refractivity contribution is -0.133. The third-order valence-electron chi connectivity index (χ3n) is 2.86. The lowest BCUT2D eigenvalue weighted by Gasteiger charge is -2.10. The van der Waals surface area contributed by atoms with Gasteiger partial charge < -0.3 is 4.18 Å². The third kappa shape index (κ3) is 4.72. The topological polar surface area (TPSA) is 85.7 Å². The molecule has 126 valence electrons. The fraction of sp³-hybridized carbons (Fsp3) is 0.188. The quantitative estimate of drug-likeness (QED) is 0.748. The molecule has 0 aliphatic rings. The molecule has 2 rings (SSSR count). The SMILES string of the molecule is CCCC(=O)O[S@](=O)(=NC(=O)c1cncc(Br)c1)c1ccccc1. The first kappa shape index (κ1) is 18.3. The second-order valence-electron chi connectivity index (χ2n) is 4.78. The highest BCUT2D eigenvalue weighted by Gasteiger charge is 2.21. The van der Waals surface area contributed by atoms with Crippen LogP contribution in [0.15, 0.2) is 62.5 Å². The zero-order chi connectivity index (χ0) is 17.6. The zero-order valence-corrected chi connectivity index (χ0v) is 15.2. The minimum atomic E-state index is -3.67. The molecule has 1 heterocycles. The van der Waals surface area contributed by atoms with E-state index in [-0.39, 0.29) is 16.9 Å². The van der Waals surface area contributed by atoms with E-state index in [0.717, 1.165) is 0 Å². The van der Waals surface area contributed by atoms with Crippen LogP contribution in [0.1, 0.15) is 30.1 Å². The maximum absolute atomic E-state index is 13.1. The Balaban J connectivity index is 2.47. The Kier molecular flexibility index (Phi) is 6.22. The largest absolute Gasteiger partial charge is 0.355 e. The second kappa shape index (κ2) is 8.16. The smallest absolute Gasteiger partial charge is 0.320 e. The van der Waals surface area contributed by atoms with E-state index in [9.17, 15) is 13.8 Å². The number of nitrogens with zero attached hydrogens (tertiary/aromatic N) is 2. The molecule has 2 aromatic rings. The molecule has 0 radical (unpaired) electrons. The van der Waals surface area contributed by atoms with Gasteiger partial charge in [0, 0.05) is 23.3 Å². The normalized spacial score (nSPS) is 12.9. The highest BCUT2D eigenvalue weighted by atomic mass is 79.9. The predicted molar refractivity (Wildman–Crippen MR) is 92.5 cm³/mol. The predicted octanol–water partition coefficient (Wildman–Crippen LogP) is 3.77. The minimum Gasteiger partial charge on any atom is -0.355 e. The summed E-state index contributed by atoms with van der Waals surface area (Å²) in [5.74, 6) is -1.45. The summed E-state index contributed by atoms with van der Waals surface area (Å²) in [7, 11) is -3.67.